The molecule has 5 aromatic rings. The second-order valence-corrected chi connectivity index (χ2v) is 21.5. The fourth-order valence-electron chi connectivity index (χ4n) is 12.9. The Balaban J connectivity index is 0.693. The summed E-state index contributed by atoms with van der Waals surface area (Å²) in [5, 5.41) is 19.5. The van der Waals surface area contributed by atoms with Gasteiger partial charge in [0.1, 0.15) is 6.07 Å². The van der Waals surface area contributed by atoms with E-state index in [1.807, 2.05) is 29.2 Å². The zero-order valence-electron chi connectivity index (χ0n) is 40.8. The molecule has 4 fully saturated rings. The number of nitriles is 1. The lowest BCUT2D eigenvalue weighted by Gasteiger charge is -2.41. The minimum Gasteiger partial charge on any atom is -0.375 e. The fraction of sp³-hybridized carbons (Fsp3) is 0.527. The average Bonchev–Trinajstić information content (AvgIpc) is 4.08. The quantitative estimate of drug-likeness (QED) is 0.143. The number of alkyl halides is 2. The van der Waals surface area contributed by atoms with E-state index >= 15 is 0 Å². The van der Waals surface area contributed by atoms with E-state index in [2.05, 4.69) is 66.6 Å². The van der Waals surface area contributed by atoms with Crippen LogP contribution in [-0.4, -0.2) is 94.4 Å². The number of piperidine rings is 2. The number of hydrogen-bond acceptors (Lipinski definition) is 9. The van der Waals surface area contributed by atoms with Crippen LogP contribution in [0.25, 0.3) is 11.1 Å². The molecule has 12 nitrogen and oxygen atoms in total. The summed E-state index contributed by atoms with van der Waals surface area (Å²) in [7, 11) is 1.80. The molecule has 15 heteroatoms. The van der Waals surface area contributed by atoms with Gasteiger partial charge in [0, 0.05) is 124 Å². The zero-order chi connectivity index (χ0) is 48.3. The minimum atomic E-state index is -2.65. The first-order valence-electron chi connectivity index (χ1n) is 25.7. The summed E-state index contributed by atoms with van der Waals surface area (Å²) in [6, 6.07) is 21.5. The van der Waals surface area contributed by atoms with Gasteiger partial charge in [0.15, 0.2) is 5.82 Å². The Morgan fingerprint density at radius 3 is 2.24 bits per heavy atom. The molecule has 6 aliphatic rings. The number of benzene rings is 3. The van der Waals surface area contributed by atoms with E-state index in [0.29, 0.717) is 52.8 Å². The molecule has 2 aromatic heterocycles. The molecule has 1 atom stereocenters. The Hall–Kier alpha value is -5.65. The SMILES string of the molecule is CC(=O)N1CCc2c(c(N3CCCc4cc(-c5cnn(C)c5)c(C(F)F)cc43)nn2C2CCC(OC3CCN(c4ccc(N5CCC6(CC5)C[C@H](C)N(c5ccc(C#N)c(Cl)c5)C6)cc4)CC3)CC2)C1. The standard InChI is InChI=1S/C55H65ClF2N10O2/c1-36-30-55(35-67(36)44-7-6-39(31-59)50(56)28-44)19-25-64(26-20-55)42-10-8-41(9-11-42)63-22-16-46(17-23-63)70-45-14-12-43(13-15-45)68-51-18-24-65(37(2)69)34-49(51)54(61-68)66-21-4-5-38-27-47(40-32-60-62(3)33-40)48(53(57)58)29-52(38)66/h6-11,27-29,32-33,36,43,45-46,53H,4-5,12-26,30,34-35H2,1-3H3/t36-,43?,45?/m0/s1. The molecule has 0 radical (unpaired) electrons. The molecule has 7 heterocycles. The van der Waals surface area contributed by atoms with E-state index in [1.165, 1.54) is 36.3 Å². The van der Waals surface area contributed by atoms with Gasteiger partial charge in [-0.25, -0.2) is 8.78 Å². The Morgan fingerprint density at radius 2 is 1.59 bits per heavy atom. The van der Waals surface area contributed by atoms with Crippen LogP contribution in [0.2, 0.25) is 5.02 Å². The maximum Gasteiger partial charge on any atom is 0.264 e. The molecule has 1 spiro atoms. The topological polar surface area (TPSA) is 102 Å². The minimum absolute atomic E-state index is 0.000963. The molecule has 5 aliphatic heterocycles. The highest BCUT2D eigenvalue weighted by Gasteiger charge is 2.44. The van der Waals surface area contributed by atoms with E-state index in [-0.39, 0.29) is 29.7 Å². The molecule has 3 saturated heterocycles. The molecule has 0 unspecified atom stereocenters. The third kappa shape index (κ3) is 9.01. The molecular weight excluding hydrogens is 906 g/mol. The van der Waals surface area contributed by atoms with Crippen LogP contribution in [0.4, 0.5) is 37.3 Å². The predicted molar refractivity (Wildman–Crippen MR) is 271 cm³/mol. The van der Waals surface area contributed by atoms with Crippen molar-refractivity contribution in [1.82, 2.24) is 24.5 Å². The van der Waals surface area contributed by atoms with E-state index in [1.54, 1.807) is 37.1 Å². The highest BCUT2D eigenvalue weighted by Crippen LogP contribution is 2.47. The van der Waals surface area contributed by atoms with Gasteiger partial charge in [-0.3, -0.25) is 14.2 Å². The van der Waals surface area contributed by atoms with Gasteiger partial charge in [-0.15, -0.1) is 0 Å². The van der Waals surface area contributed by atoms with Crippen molar-refractivity contribution in [2.24, 2.45) is 12.5 Å². The highest BCUT2D eigenvalue weighted by molar-refractivity contribution is 6.32. The highest BCUT2D eigenvalue weighted by atomic mass is 35.5. The van der Waals surface area contributed by atoms with Gasteiger partial charge in [0.25, 0.3) is 6.43 Å². The molecule has 1 amide bonds. The number of ether oxygens (including phenoxy) is 1. The summed E-state index contributed by atoms with van der Waals surface area (Å²) in [5.74, 6) is 0.837. The molecule has 1 aliphatic carbocycles. The molecule has 0 N–H and O–H groups in total. The monoisotopic (exact) mass is 970 g/mol. The second kappa shape index (κ2) is 19.2. The smallest absolute Gasteiger partial charge is 0.264 e. The summed E-state index contributed by atoms with van der Waals surface area (Å²) >= 11 is 6.43. The third-order valence-electron chi connectivity index (χ3n) is 16.8. The maximum absolute atomic E-state index is 14.8. The Morgan fingerprint density at radius 1 is 0.886 bits per heavy atom. The summed E-state index contributed by atoms with van der Waals surface area (Å²) in [6.07, 6.45) is 13.0. The van der Waals surface area contributed by atoms with E-state index in [9.17, 15) is 18.8 Å². The number of nitrogens with zero attached hydrogens (tertiary/aromatic N) is 10. The van der Waals surface area contributed by atoms with Gasteiger partial charge in [0.05, 0.1) is 41.6 Å². The van der Waals surface area contributed by atoms with Crippen molar-refractivity contribution in [2.45, 2.75) is 128 Å². The van der Waals surface area contributed by atoms with Crippen LogP contribution in [0.15, 0.2) is 67.0 Å². The van der Waals surface area contributed by atoms with Gasteiger partial charge < -0.3 is 29.2 Å². The average molecular weight is 972 g/mol. The van der Waals surface area contributed by atoms with Crippen LogP contribution in [0, 0.1) is 16.7 Å². The molecule has 70 heavy (non-hydrogen) atoms. The molecule has 3 aromatic carbocycles. The molecular formula is C55H65ClF2N10O2. The third-order valence-corrected chi connectivity index (χ3v) is 17.1. The van der Waals surface area contributed by atoms with Crippen LogP contribution in [-0.2, 0) is 36.0 Å². The van der Waals surface area contributed by atoms with Crippen molar-refractivity contribution in [2.75, 3.05) is 65.4 Å². The maximum atomic E-state index is 14.8. The van der Waals surface area contributed by atoms with E-state index < -0.39 is 6.43 Å². The molecule has 1 saturated carbocycles. The fourth-order valence-corrected chi connectivity index (χ4v) is 13.2. The number of fused-ring (bicyclic) bond motifs is 2. The van der Waals surface area contributed by atoms with Crippen LogP contribution in [0.5, 0.6) is 0 Å². The molecule has 11 rings (SSSR count). The van der Waals surface area contributed by atoms with Crippen molar-refractivity contribution in [1.29, 1.82) is 5.26 Å². The second-order valence-electron chi connectivity index (χ2n) is 21.1. The van der Waals surface area contributed by atoms with Crippen LogP contribution < -0.4 is 19.6 Å². The summed E-state index contributed by atoms with van der Waals surface area (Å²) in [5.41, 5.74) is 9.77. The lowest BCUT2D eigenvalue weighted by molar-refractivity contribution is -0.129. The molecule has 0 bridgehead atoms. The van der Waals surface area contributed by atoms with Gasteiger partial charge in [0.2, 0.25) is 5.91 Å². The lowest BCUT2D eigenvalue weighted by Crippen LogP contribution is -2.41. The van der Waals surface area contributed by atoms with Crippen LogP contribution >= 0.6 is 11.6 Å². The number of carbonyl (C=O) groups excluding carboxylic acids is 1. The van der Waals surface area contributed by atoms with E-state index in [4.69, 9.17) is 21.4 Å². The largest absolute Gasteiger partial charge is 0.375 e. The summed E-state index contributed by atoms with van der Waals surface area (Å²) in [4.78, 5) is 24.3. The number of carbonyl (C=O) groups is 1. The Kier molecular flexibility index (Phi) is 12.8. The summed E-state index contributed by atoms with van der Waals surface area (Å²) < 4.78 is 40.3. The number of aryl methyl sites for hydroxylation is 2. The van der Waals surface area contributed by atoms with Crippen molar-refractivity contribution >= 4 is 46.1 Å². The zero-order valence-corrected chi connectivity index (χ0v) is 41.6. The first-order chi connectivity index (χ1) is 33.9. The van der Waals surface area contributed by atoms with Crippen molar-refractivity contribution in [3.63, 3.8) is 0 Å². The van der Waals surface area contributed by atoms with E-state index in [0.717, 1.165) is 119 Å². The van der Waals surface area contributed by atoms with Gasteiger partial charge in [-0.1, -0.05) is 11.6 Å². The predicted octanol–water partition coefficient (Wildman–Crippen LogP) is 10.8. The number of hydrogen-bond donors (Lipinski definition) is 0. The Bertz CT molecular complexity index is 2760. The van der Waals surface area contributed by atoms with Crippen molar-refractivity contribution in [3.8, 4) is 17.2 Å². The number of aromatic nitrogens is 4. The van der Waals surface area contributed by atoms with Crippen molar-refractivity contribution < 1.29 is 18.3 Å². The normalized spacial score (nSPS) is 22.7. The summed E-state index contributed by atoms with van der Waals surface area (Å²) in [6.45, 7) is 10.8. The number of halogens is 3. The van der Waals surface area contributed by atoms with Crippen molar-refractivity contribution in [3.05, 3.63) is 100.0 Å². The van der Waals surface area contributed by atoms with Gasteiger partial charge in [-0.05, 0) is 149 Å². The first-order valence-corrected chi connectivity index (χ1v) is 26.1. The lowest BCUT2D eigenvalue weighted by atomic mass is 9.76. The van der Waals surface area contributed by atoms with Crippen LogP contribution in [0.1, 0.15) is 118 Å². The van der Waals surface area contributed by atoms with Gasteiger partial charge >= 0.3 is 0 Å². The Labute approximate surface area is 415 Å². The number of amides is 1. The molecule has 368 valence electrons. The number of rotatable bonds is 9. The first kappa shape index (κ1) is 46.7. The number of anilines is 5. The van der Waals surface area contributed by atoms with Gasteiger partial charge in [-0.2, -0.15) is 15.5 Å². The van der Waals surface area contributed by atoms with Crippen LogP contribution in [0.3, 0.4) is 0 Å².